The molecule has 1 unspecified atom stereocenters. The highest BCUT2D eigenvalue weighted by Crippen LogP contribution is 2.19. The van der Waals surface area contributed by atoms with Gasteiger partial charge in [0.05, 0.1) is 12.3 Å². The monoisotopic (exact) mass is 253 g/mol. The smallest absolute Gasteiger partial charge is 0.142 e. The average Bonchev–Trinajstić information content (AvgIpc) is 2.37. The summed E-state index contributed by atoms with van der Waals surface area (Å²) in [5, 5.41) is 9.67. The fraction of sp³-hybridized carbons (Fsp3) is 0.571. The number of anilines is 1. The summed E-state index contributed by atoms with van der Waals surface area (Å²) in [5.74, 6) is 0.600. The highest BCUT2D eigenvalue weighted by Gasteiger charge is 2.06. The van der Waals surface area contributed by atoms with Crippen molar-refractivity contribution < 1.29 is 14.6 Å². The van der Waals surface area contributed by atoms with Gasteiger partial charge < -0.3 is 20.3 Å². The van der Waals surface area contributed by atoms with Crippen molar-refractivity contribution in [3.63, 3.8) is 0 Å². The number of nitrogen functional groups attached to an aromatic ring is 1. The number of aliphatic hydroxyl groups is 1. The van der Waals surface area contributed by atoms with Crippen LogP contribution in [0.15, 0.2) is 24.3 Å². The predicted molar refractivity (Wildman–Crippen MR) is 72.7 cm³/mol. The van der Waals surface area contributed by atoms with Crippen LogP contribution in [0.25, 0.3) is 0 Å². The number of ether oxygens (including phenoxy) is 2. The molecule has 0 saturated heterocycles. The molecule has 0 aliphatic carbocycles. The molecule has 0 aliphatic rings. The molecule has 0 fully saturated rings. The zero-order valence-corrected chi connectivity index (χ0v) is 11.0. The molecule has 0 spiro atoms. The Morgan fingerprint density at radius 1 is 1.22 bits per heavy atom. The van der Waals surface area contributed by atoms with E-state index >= 15 is 0 Å². The number of aliphatic hydroxyl groups excluding tert-OH is 1. The van der Waals surface area contributed by atoms with E-state index in [9.17, 15) is 5.11 Å². The first kappa shape index (κ1) is 14.8. The Labute approximate surface area is 109 Å². The van der Waals surface area contributed by atoms with Crippen LogP contribution in [-0.4, -0.2) is 31.0 Å². The Balaban J connectivity index is 2.13. The summed E-state index contributed by atoms with van der Waals surface area (Å²) < 4.78 is 10.8. The van der Waals surface area contributed by atoms with E-state index in [2.05, 4.69) is 6.92 Å². The van der Waals surface area contributed by atoms with Gasteiger partial charge in [-0.1, -0.05) is 31.9 Å². The Kier molecular flexibility index (Phi) is 7.22. The Bertz CT molecular complexity index is 331. The van der Waals surface area contributed by atoms with E-state index in [0.717, 1.165) is 12.8 Å². The maximum absolute atomic E-state index is 9.67. The van der Waals surface area contributed by atoms with Crippen molar-refractivity contribution in [2.75, 3.05) is 25.6 Å². The minimum absolute atomic E-state index is 0.196. The molecule has 18 heavy (non-hydrogen) atoms. The minimum atomic E-state index is -0.619. The molecule has 1 atom stereocenters. The zero-order chi connectivity index (χ0) is 13.2. The van der Waals surface area contributed by atoms with Gasteiger partial charge in [0.25, 0.3) is 0 Å². The summed E-state index contributed by atoms with van der Waals surface area (Å²) in [5.41, 5.74) is 6.30. The molecule has 0 heterocycles. The van der Waals surface area contributed by atoms with Crippen LogP contribution in [0.3, 0.4) is 0 Å². The van der Waals surface area contributed by atoms with Crippen molar-refractivity contribution in [3.8, 4) is 5.75 Å². The summed E-state index contributed by atoms with van der Waals surface area (Å²) in [6.07, 6.45) is 2.75. The molecule has 1 aromatic rings. The third-order valence-corrected chi connectivity index (χ3v) is 2.55. The summed E-state index contributed by atoms with van der Waals surface area (Å²) in [7, 11) is 0. The van der Waals surface area contributed by atoms with Gasteiger partial charge in [-0.25, -0.2) is 0 Å². The van der Waals surface area contributed by atoms with Gasteiger partial charge in [0.2, 0.25) is 0 Å². The van der Waals surface area contributed by atoms with Gasteiger partial charge in [0.1, 0.15) is 18.5 Å². The van der Waals surface area contributed by atoms with Crippen LogP contribution >= 0.6 is 0 Å². The lowest BCUT2D eigenvalue weighted by Gasteiger charge is -2.13. The third-order valence-electron chi connectivity index (χ3n) is 2.55. The van der Waals surface area contributed by atoms with E-state index in [4.69, 9.17) is 15.2 Å². The molecule has 0 aromatic heterocycles. The molecule has 1 rings (SSSR count). The number of hydrogen-bond donors (Lipinski definition) is 2. The predicted octanol–water partition coefficient (Wildman–Crippen LogP) is 2.22. The van der Waals surface area contributed by atoms with Crippen molar-refractivity contribution in [2.45, 2.75) is 32.3 Å². The summed E-state index contributed by atoms with van der Waals surface area (Å²) in [4.78, 5) is 0. The number of para-hydroxylation sites is 2. The van der Waals surface area contributed by atoms with E-state index < -0.39 is 6.10 Å². The second kappa shape index (κ2) is 8.78. The van der Waals surface area contributed by atoms with E-state index in [-0.39, 0.29) is 6.61 Å². The van der Waals surface area contributed by atoms with E-state index in [1.54, 1.807) is 12.1 Å². The normalized spacial score (nSPS) is 12.3. The van der Waals surface area contributed by atoms with Crippen molar-refractivity contribution in [2.24, 2.45) is 0 Å². The van der Waals surface area contributed by atoms with Gasteiger partial charge in [-0.3, -0.25) is 0 Å². The molecule has 0 amide bonds. The van der Waals surface area contributed by atoms with E-state index in [0.29, 0.717) is 24.7 Å². The quantitative estimate of drug-likeness (QED) is 0.523. The Hall–Kier alpha value is -1.26. The van der Waals surface area contributed by atoms with Gasteiger partial charge in [-0.15, -0.1) is 0 Å². The Morgan fingerprint density at radius 3 is 2.72 bits per heavy atom. The molecule has 4 nitrogen and oxygen atoms in total. The van der Waals surface area contributed by atoms with Crippen molar-refractivity contribution in [1.82, 2.24) is 0 Å². The topological polar surface area (TPSA) is 64.7 Å². The largest absolute Gasteiger partial charge is 0.489 e. The molecule has 4 heteroatoms. The average molecular weight is 253 g/mol. The number of nitrogens with two attached hydrogens (primary N) is 1. The second-order valence-electron chi connectivity index (χ2n) is 4.28. The maximum atomic E-state index is 9.67. The first-order valence-corrected chi connectivity index (χ1v) is 6.47. The summed E-state index contributed by atoms with van der Waals surface area (Å²) >= 11 is 0. The van der Waals surface area contributed by atoms with Crippen molar-refractivity contribution in [3.05, 3.63) is 24.3 Å². The second-order valence-corrected chi connectivity index (χ2v) is 4.28. The lowest BCUT2D eigenvalue weighted by Crippen LogP contribution is -2.24. The maximum Gasteiger partial charge on any atom is 0.142 e. The van der Waals surface area contributed by atoms with Gasteiger partial charge in [-0.05, 0) is 18.6 Å². The fourth-order valence-corrected chi connectivity index (χ4v) is 1.52. The molecular formula is C14H23NO3. The number of rotatable bonds is 9. The van der Waals surface area contributed by atoms with Crippen molar-refractivity contribution in [1.29, 1.82) is 0 Å². The third kappa shape index (κ3) is 5.89. The highest BCUT2D eigenvalue weighted by atomic mass is 16.5. The SMILES string of the molecule is CCCCCOCC(O)COc1ccccc1N. The zero-order valence-electron chi connectivity index (χ0n) is 11.0. The molecule has 1 aromatic carbocycles. The molecule has 102 valence electrons. The van der Waals surface area contributed by atoms with Crippen LogP contribution in [0, 0.1) is 0 Å². The summed E-state index contributed by atoms with van der Waals surface area (Å²) in [6, 6.07) is 7.24. The molecule has 0 bridgehead atoms. The van der Waals surface area contributed by atoms with Crippen LogP contribution in [0.5, 0.6) is 5.75 Å². The minimum Gasteiger partial charge on any atom is -0.489 e. The molecule has 0 saturated carbocycles. The van der Waals surface area contributed by atoms with Gasteiger partial charge in [-0.2, -0.15) is 0 Å². The molecule has 0 aliphatic heterocycles. The van der Waals surface area contributed by atoms with Gasteiger partial charge in [0, 0.05) is 6.61 Å². The fourth-order valence-electron chi connectivity index (χ4n) is 1.52. The summed E-state index contributed by atoms with van der Waals surface area (Å²) in [6.45, 7) is 3.34. The number of hydrogen-bond acceptors (Lipinski definition) is 4. The van der Waals surface area contributed by atoms with Gasteiger partial charge >= 0.3 is 0 Å². The highest BCUT2D eigenvalue weighted by molar-refractivity contribution is 5.51. The van der Waals surface area contributed by atoms with Crippen LogP contribution < -0.4 is 10.5 Å². The van der Waals surface area contributed by atoms with Crippen LogP contribution in [0.2, 0.25) is 0 Å². The molecule has 0 radical (unpaired) electrons. The number of unbranched alkanes of at least 4 members (excludes halogenated alkanes) is 2. The van der Waals surface area contributed by atoms with Gasteiger partial charge in [0.15, 0.2) is 0 Å². The molecular weight excluding hydrogens is 230 g/mol. The van der Waals surface area contributed by atoms with E-state index in [1.165, 1.54) is 6.42 Å². The van der Waals surface area contributed by atoms with Crippen LogP contribution in [-0.2, 0) is 4.74 Å². The van der Waals surface area contributed by atoms with Crippen molar-refractivity contribution >= 4 is 5.69 Å². The van der Waals surface area contributed by atoms with E-state index in [1.807, 2.05) is 12.1 Å². The first-order valence-electron chi connectivity index (χ1n) is 6.47. The number of benzene rings is 1. The van der Waals surface area contributed by atoms with Crippen LogP contribution in [0.1, 0.15) is 26.2 Å². The van der Waals surface area contributed by atoms with Crippen LogP contribution in [0.4, 0.5) is 5.69 Å². The molecule has 3 N–H and O–H groups in total. The Morgan fingerprint density at radius 2 is 2.00 bits per heavy atom. The standard InChI is InChI=1S/C14H23NO3/c1-2-3-6-9-17-10-12(16)11-18-14-8-5-4-7-13(14)15/h4-5,7-8,12,16H,2-3,6,9-11,15H2,1H3. The lowest BCUT2D eigenvalue weighted by atomic mass is 10.3. The first-order chi connectivity index (χ1) is 8.74. The lowest BCUT2D eigenvalue weighted by molar-refractivity contribution is 0.0112.